The van der Waals surface area contributed by atoms with Gasteiger partial charge in [-0.3, -0.25) is 14.5 Å². The molecule has 1 heterocycles. The zero-order chi connectivity index (χ0) is 21.7. The van der Waals surface area contributed by atoms with Crippen LogP contribution in [0.15, 0.2) is 48.5 Å². The highest BCUT2D eigenvalue weighted by atomic mass is 16.5. The first-order valence-electron chi connectivity index (χ1n) is 9.58. The molecule has 156 valence electrons. The number of nitrogens with zero attached hydrogens (tertiary/aromatic N) is 4. The highest BCUT2D eigenvalue weighted by molar-refractivity contribution is 5.95. The van der Waals surface area contributed by atoms with Gasteiger partial charge in [0.1, 0.15) is 11.6 Å². The summed E-state index contributed by atoms with van der Waals surface area (Å²) in [5.74, 6) is 1.38. The number of rotatable bonds is 7. The largest absolute Gasteiger partial charge is 0.497 e. The molecule has 1 N–H and O–H groups in total. The van der Waals surface area contributed by atoms with E-state index >= 15 is 0 Å². The van der Waals surface area contributed by atoms with Crippen LogP contribution in [0.4, 0.5) is 17.5 Å². The third-order valence-corrected chi connectivity index (χ3v) is 4.68. The number of carbonyl (C=O) groups is 2. The second-order valence-electron chi connectivity index (χ2n) is 6.78. The summed E-state index contributed by atoms with van der Waals surface area (Å²) in [4.78, 5) is 36.2. The normalized spacial score (nSPS) is 10.5. The van der Waals surface area contributed by atoms with Crippen molar-refractivity contribution in [1.29, 1.82) is 0 Å². The second-order valence-corrected chi connectivity index (χ2v) is 6.78. The molecule has 0 saturated heterocycles. The number of aromatic nitrogens is 2. The number of nitrogens with one attached hydrogen (secondary N) is 1. The lowest BCUT2D eigenvalue weighted by atomic mass is 10.2. The third kappa shape index (κ3) is 4.65. The van der Waals surface area contributed by atoms with Crippen molar-refractivity contribution in [3.63, 3.8) is 0 Å². The Hall–Kier alpha value is -3.68. The van der Waals surface area contributed by atoms with E-state index in [1.54, 1.807) is 7.11 Å². The molecule has 0 atom stereocenters. The Morgan fingerprint density at radius 1 is 1.03 bits per heavy atom. The number of para-hydroxylation sites is 1. The van der Waals surface area contributed by atoms with Gasteiger partial charge in [0.05, 0.1) is 12.6 Å². The Morgan fingerprint density at radius 2 is 1.73 bits per heavy atom. The lowest BCUT2D eigenvalue weighted by Gasteiger charge is -2.24. The Balaban J connectivity index is 2.04. The fourth-order valence-electron chi connectivity index (χ4n) is 3.09. The van der Waals surface area contributed by atoms with Crippen LogP contribution in [0.25, 0.3) is 10.9 Å². The van der Waals surface area contributed by atoms with Crippen molar-refractivity contribution >= 4 is 40.2 Å². The minimum atomic E-state index is -0.200. The van der Waals surface area contributed by atoms with Crippen molar-refractivity contribution in [2.75, 3.05) is 37.0 Å². The van der Waals surface area contributed by atoms with Crippen LogP contribution in [-0.4, -0.2) is 49.0 Å². The first kappa shape index (κ1) is 21.0. The van der Waals surface area contributed by atoms with Crippen LogP contribution in [-0.2, 0) is 9.59 Å². The fourth-order valence-corrected chi connectivity index (χ4v) is 3.09. The molecule has 0 aliphatic rings. The zero-order valence-electron chi connectivity index (χ0n) is 17.5. The van der Waals surface area contributed by atoms with Gasteiger partial charge in [-0.1, -0.05) is 12.1 Å². The number of fused-ring (bicyclic) bond motifs is 1. The molecule has 3 aromatic rings. The summed E-state index contributed by atoms with van der Waals surface area (Å²) in [5, 5.41) is 3.57. The molecule has 0 radical (unpaired) electrons. The first-order chi connectivity index (χ1) is 14.4. The van der Waals surface area contributed by atoms with Gasteiger partial charge in [-0.15, -0.1) is 0 Å². The molecule has 0 fully saturated rings. The van der Waals surface area contributed by atoms with Crippen molar-refractivity contribution in [1.82, 2.24) is 15.3 Å². The van der Waals surface area contributed by atoms with Crippen molar-refractivity contribution in [3.8, 4) is 5.75 Å². The van der Waals surface area contributed by atoms with Gasteiger partial charge >= 0.3 is 0 Å². The fraction of sp³-hybridized carbons (Fsp3) is 0.273. The van der Waals surface area contributed by atoms with E-state index in [0.717, 1.165) is 22.3 Å². The number of amides is 2. The van der Waals surface area contributed by atoms with E-state index in [4.69, 9.17) is 9.72 Å². The minimum absolute atomic E-state index is 0.155. The number of hydrogen-bond acceptors (Lipinski definition) is 6. The molecule has 0 saturated carbocycles. The van der Waals surface area contributed by atoms with Crippen LogP contribution in [0.2, 0.25) is 0 Å². The number of anilines is 3. The predicted octanol–water partition coefficient (Wildman–Crippen LogP) is 2.90. The van der Waals surface area contributed by atoms with E-state index in [-0.39, 0.29) is 18.4 Å². The van der Waals surface area contributed by atoms with Gasteiger partial charge in [-0.2, -0.15) is 4.98 Å². The maximum absolute atomic E-state index is 12.3. The van der Waals surface area contributed by atoms with E-state index < -0.39 is 0 Å². The van der Waals surface area contributed by atoms with E-state index in [2.05, 4.69) is 10.3 Å². The average Bonchev–Trinajstić information content (AvgIpc) is 2.75. The van der Waals surface area contributed by atoms with E-state index in [9.17, 15) is 9.59 Å². The summed E-state index contributed by atoms with van der Waals surface area (Å²) in [6.07, 6.45) is 0. The molecule has 0 aliphatic carbocycles. The topological polar surface area (TPSA) is 87.7 Å². The number of hydrogen-bond donors (Lipinski definition) is 1. The minimum Gasteiger partial charge on any atom is -0.497 e. The number of ether oxygens (including phenoxy) is 1. The lowest BCUT2D eigenvalue weighted by molar-refractivity contribution is -0.119. The first-order valence-corrected chi connectivity index (χ1v) is 9.58. The molecule has 0 unspecified atom stereocenters. The Morgan fingerprint density at radius 3 is 2.37 bits per heavy atom. The summed E-state index contributed by atoms with van der Waals surface area (Å²) in [5.41, 5.74) is 1.64. The predicted molar refractivity (Wildman–Crippen MR) is 117 cm³/mol. The molecule has 2 amide bonds. The van der Waals surface area contributed by atoms with E-state index in [1.165, 1.54) is 18.7 Å². The maximum atomic E-state index is 12.3. The number of methoxy groups -OCH3 is 1. The Kier molecular flexibility index (Phi) is 6.46. The summed E-state index contributed by atoms with van der Waals surface area (Å²) in [6.45, 7) is 3.49. The highest BCUT2D eigenvalue weighted by Crippen LogP contribution is 2.31. The molecule has 30 heavy (non-hydrogen) atoms. The van der Waals surface area contributed by atoms with Crippen LogP contribution in [0.5, 0.6) is 5.75 Å². The van der Waals surface area contributed by atoms with E-state index in [0.29, 0.717) is 18.3 Å². The van der Waals surface area contributed by atoms with Gasteiger partial charge in [0.2, 0.25) is 17.8 Å². The van der Waals surface area contributed by atoms with Crippen LogP contribution in [0, 0.1) is 0 Å². The van der Waals surface area contributed by atoms with Crippen LogP contribution >= 0.6 is 0 Å². The molecular weight excluding hydrogens is 382 g/mol. The molecule has 0 bridgehead atoms. The van der Waals surface area contributed by atoms with Gasteiger partial charge in [0.25, 0.3) is 0 Å². The monoisotopic (exact) mass is 407 g/mol. The van der Waals surface area contributed by atoms with Gasteiger partial charge in [-0.25, -0.2) is 4.98 Å². The van der Waals surface area contributed by atoms with Crippen molar-refractivity contribution < 1.29 is 14.3 Å². The Labute approximate surface area is 175 Å². The van der Waals surface area contributed by atoms with Crippen molar-refractivity contribution in [2.24, 2.45) is 0 Å². The van der Waals surface area contributed by atoms with Gasteiger partial charge in [0.15, 0.2) is 0 Å². The third-order valence-electron chi connectivity index (χ3n) is 4.68. The smallest absolute Gasteiger partial charge is 0.234 e. The molecule has 0 spiro atoms. The van der Waals surface area contributed by atoms with E-state index in [1.807, 2.05) is 60.5 Å². The summed E-state index contributed by atoms with van der Waals surface area (Å²) in [6, 6.07) is 15.3. The zero-order valence-corrected chi connectivity index (χ0v) is 17.5. The number of benzene rings is 2. The highest BCUT2D eigenvalue weighted by Gasteiger charge is 2.19. The standard InChI is InChI=1S/C22H25N5O3/c1-15(28)23-13-14-27(16(2)29)22-24-20-8-6-5-7-19(20)21(25-22)26(3)17-9-11-18(30-4)12-10-17/h5-12H,13-14H2,1-4H3,(H,23,28). The molecule has 0 aliphatic heterocycles. The molecule has 2 aromatic carbocycles. The molecule has 8 nitrogen and oxygen atoms in total. The van der Waals surface area contributed by atoms with Gasteiger partial charge < -0.3 is 15.0 Å². The SMILES string of the molecule is COc1ccc(N(C)c2nc(N(CCNC(C)=O)C(C)=O)nc3ccccc23)cc1. The van der Waals surface area contributed by atoms with Crippen LogP contribution in [0.1, 0.15) is 13.8 Å². The molecular formula is C22H25N5O3. The van der Waals surface area contributed by atoms with Crippen molar-refractivity contribution in [2.45, 2.75) is 13.8 Å². The second kappa shape index (κ2) is 9.21. The maximum Gasteiger partial charge on any atom is 0.234 e. The lowest BCUT2D eigenvalue weighted by Crippen LogP contribution is -2.38. The van der Waals surface area contributed by atoms with Crippen molar-refractivity contribution in [3.05, 3.63) is 48.5 Å². The number of carbonyl (C=O) groups excluding carboxylic acids is 2. The van der Waals surface area contributed by atoms with Gasteiger partial charge in [0, 0.05) is 45.1 Å². The molecule has 1 aromatic heterocycles. The van der Waals surface area contributed by atoms with Crippen LogP contribution < -0.4 is 19.9 Å². The Bertz CT molecular complexity index is 1050. The van der Waals surface area contributed by atoms with Gasteiger partial charge in [-0.05, 0) is 36.4 Å². The summed E-state index contributed by atoms with van der Waals surface area (Å²) >= 11 is 0. The quantitative estimate of drug-likeness (QED) is 0.648. The average molecular weight is 407 g/mol. The molecule has 8 heteroatoms. The summed E-state index contributed by atoms with van der Waals surface area (Å²) in [7, 11) is 3.54. The molecule has 3 rings (SSSR count). The summed E-state index contributed by atoms with van der Waals surface area (Å²) < 4.78 is 5.24. The van der Waals surface area contributed by atoms with Crippen LogP contribution in [0.3, 0.4) is 0 Å².